The van der Waals surface area contributed by atoms with Gasteiger partial charge in [0.1, 0.15) is 11.5 Å². The first-order valence-corrected chi connectivity index (χ1v) is 6.17. The minimum Gasteiger partial charge on any atom is -0.496 e. The first kappa shape index (κ1) is 14.0. The van der Waals surface area contributed by atoms with E-state index in [-0.39, 0.29) is 0 Å². The number of hydrogen-bond donors (Lipinski definition) is 0. The summed E-state index contributed by atoms with van der Waals surface area (Å²) in [6.45, 7) is 2.90. The summed E-state index contributed by atoms with van der Waals surface area (Å²) in [6, 6.07) is 3.99. The van der Waals surface area contributed by atoms with Gasteiger partial charge in [-0.15, -0.1) is 11.6 Å². The summed E-state index contributed by atoms with van der Waals surface area (Å²) >= 11 is 5.71. The Morgan fingerprint density at radius 2 is 1.82 bits per heavy atom. The van der Waals surface area contributed by atoms with Crippen LogP contribution in [0.5, 0.6) is 11.5 Å². The maximum atomic E-state index is 5.71. The molecule has 0 N–H and O–H groups in total. The van der Waals surface area contributed by atoms with Crippen LogP contribution in [-0.2, 0) is 0 Å². The van der Waals surface area contributed by atoms with Crippen LogP contribution in [0.25, 0.3) is 0 Å². The smallest absolute Gasteiger partial charge is 0.142 e. The van der Waals surface area contributed by atoms with Crippen LogP contribution in [0.15, 0.2) is 12.1 Å². The molecule has 17 heavy (non-hydrogen) atoms. The van der Waals surface area contributed by atoms with Crippen LogP contribution < -0.4 is 14.4 Å². The van der Waals surface area contributed by atoms with Crippen molar-refractivity contribution in [3.05, 3.63) is 17.7 Å². The van der Waals surface area contributed by atoms with Gasteiger partial charge in [-0.05, 0) is 25.0 Å². The van der Waals surface area contributed by atoms with Crippen LogP contribution in [0.1, 0.15) is 12.0 Å². The maximum Gasteiger partial charge on any atom is 0.142 e. The van der Waals surface area contributed by atoms with E-state index in [1.165, 1.54) is 0 Å². The lowest BCUT2D eigenvalue weighted by Gasteiger charge is -2.22. The standard InChI is InChI=1S/C13H20ClNO2/c1-10-8-13(17-4)11(9-12(10)16-3)15(2)7-5-6-14/h8-9H,5-7H2,1-4H3. The molecule has 0 amide bonds. The zero-order valence-corrected chi connectivity index (χ0v) is 11.7. The zero-order chi connectivity index (χ0) is 12.8. The molecule has 0 spiro atoms. The lowest BCUT2D eigenvalue weighted by molar-refractivity contribution is 0.400. The molecule has 0 saturated heterocycles. The number of hydrogen-bond acceptors (Lipinski definition) is 3. The van der Waals surface area contributed by atoms with Crippen LogP contribution in [-0.4, -0.2) is 33.7 Å². The minimum atomic E-state index is 0.662. The molecule has 1 aromatic rings. The van der Waals surface area contributed by atoms with Crippen LogP contribution in [0.2, 0.25) is 0 Å². The minimum absolute atomic E-state index is 0.662. The summed E-state index contributed by atoms with van der Waals surface area (Å²) in [5, 5.41) is 0. The largest absolute Gasteiger partial charge is 0.496 e. The van der Waals surface area contributed by atoms with E-state index in [2.05, 4.69) is 4.90 Å². The Morgan fingerprint density at radius 1 is 1.18 bits per heavy atom. The van der Waals surface area contributed by atoms with Gasteiger partial charge in [0.2, 0.25) is 0 Å². The molecule has 96 valence electrons. The van der Waals surface area contributed by atoms with E-state index in [1.807, 2.05) is 26.1 Å². The lowest BCUT2D eigenvalue weighted by atomic mass is 10.1. The maximum absolute atomic E-state index is 5.71. The van der Waals surface area contributed by atoms with Crippen molar-refractivity contribution in [1.82, 2.24) is 0 Å². The van der Waals surface area contributed by atoms with Gasteiger partial charge in [0.25, 0.3) is 0 Å². The molecular formula is C13H20ClNO2. The van der Waals surface area contributed by atoms with E-state index in [9.17, 15) is 0 Å². The number of anilines is 1. The van der Waals surface area contributed by atoms with Crippen LogP contribution >= 0.6 is 11.6 Å². The molecule has 0 saturated carbocycles. The summed E-state index contributed by atoms with van der Waals surface area (Å²) < 4.78 is 10.7. The Hall–Kier alpha value is -1.09. The highest BCUT2D eigenvalue weighted by Crippen LogP contribution is 2.34. The monoisotopic (exact) mass is 257 g/mol. The van der Waals surface area contributed by atoms with Crippen molar-refractivity contribution < 1.29 is 9.47 Å². The number of ether oxygens (including phenoxy) is 2. The molecule has 0 heterocycles. The van der Waals surface area contributed by atoms with Crippen LogP contribution in [0.4, 0.5) is 5.69 Å². The summed E-state index contributed by atoms with van der Waals surface area (Å²) in [6.07, 6.45) is 0.942. The Balaban J connectivity index is 3.02. The lowest BCUT2D eigenvalue weighted by Crippen LogP contribution is -2.19. The van der Waals surface area contributed by atoms with E-state index >= 15 is 0 Å². The Labute approximate surface area is 108 Å². The highest BCUT2D eigenvalue weighted by atomic mass is 35.5. The van der Waals surface area contributed by atoms with Gasteiger partial charge < -0.3 is 14.4 Å². The average molecular weight is 258 g/mol. The number of rotatable bonds is 6. The van der Waals surface area contributed by atoms with Gasteiger partial charge in [-0.1, -0.05) is 0 Å². The van der Waals surface area contributed by atoms with Crippen molar-refractivity contribution in [3.8, 4) is 11.5 Å². The fourth-order valence-electron chi connectivity index (χ4n) is 1.75. The first-order valence-electron chi connectivity index (χ1n) is 5.63. The number of benzene rings is 1. The van der Waals surface area contributed by atoms with Gasteiger partial charge in [-0.2, -0.15) is 0 Å². The third-order valence-corrected chi connectivity index (χ3v) is 3.00. The highest BCUT2D eigenvalue weighted by Gasteiger charge is 2.11. The molecule has 0 aliphatic rings. The van der Waals surface area contributed by atoms with Crippen LogP contribution in [0, 0.1) is 6.92 Å². The van der Waals surface area contributed by atoms with Gasteiger partial charge >= 0.3 is 0 Å². The third kappa shape index (κ3) is 3.43. The number of nitrogens with zero attached hydrogens (tertiary/aromatic N) is 1. The van der Waals surface area contributed by atoms with Crippen molar-refractivity contribution in [1.29, 1.82) is 0 Å². The van der Waals surface area contributed by atoms with E-state index in [4.69, 9.17) is 21.1 Å². The molecule has 1 rings (SSSR count). The topological polar surface area (TPSA) is 21.7 Å². The summed E-state index contributed by atoms with van der Waals surface area (Å²) in [5.41, 5.74) is 2.10. The molecule has 0 unspecified atom stereocenters. The van der Waals surface area contributed by atoms with Gasteiger partial charge in [-0.3, -0.25) is 0 Å². The first-order chi connectivity index (χ1) is 8.13. The summed E-state index contributed by atoms with van der Waals surface area (Å²) in [4.78, 5) is 2.13. The van der Waals surface area contributed by atoms with Crippen molar-refractivity contribution in [2.75, 3.05) is 38.6 Å². The summed E-state index contributed by atoms with van der Waals surface area (Å²) in [7, 11) is 5.39. The molecule has 1 aromatic carbocycles. The molecule has 0 aromatic heterocycles. The van der Waals surface area contributed by atoms with Crippen molar-refractivity contribution in [2.45, 2.75) is 13.3 Å². The molecule has 0 radical (unpaired) electrons. The second-order valence-corrected chi connectivity index (χ2v) is 4.34. The quantitative estimate of drug-likeness (QED) is 0.731. The molecule has 0 fully saturated rings. The van der Waals surface area contributed by atoms with Crippen molar-refractivity contribution in [3.63, 3.8) is 0 Å². The van der Waals surface area contributed by atoms with E-state index in [1.54, 1.807) is 14.2 Å². The average Bonchev–Trinajstić information content (AvgIpc) is 2.35. The summed E-state index contributed by atoms with van der Waals surface area (Å²) in [5.74, 6) is 2.40. The second-order valence-electron chi connectivity index (χ2n) is 3.96. The fourth-order valence-corrected chi connectivity index (χ4v) is 1.87. The molecule has 0 bridgehead atoms. The zero-order valence-electron chi connectivity index (χ0n) is 10.9. The van der Waals surface area contributed by atoms with Gasteiger partial charge in [-0.25, -0.2) is 0 Å². The highest BCUT2D eigenvalue weighted by molar-refractivity contribution is 6.17. The van der Waals surface area contributed by atoms with Gasteiger partial charge in [0, 0.05) is 25.5 Å². The van der Waals surface area contributed by atoms with Crippen LogP contribution in [0.3, 0.4) is 0 Å². The fraction of sp³-hybridized carbons (Fsp3) is 0.538. The van der Waals surface area contributed by atoms with Gasteiger partial charge in [0.15, 0.2) is 0 Å². The molecule has 0 aliphatic heterocycles. The molecule has 0 atom stereocenters. The SMILES string of the molecule is COc1cc(N(C)CCCCl)c(OC)cc1C. The van der Waals surface area contributed by atoms with Crippen molar-refractivity contribution >= 4 is 17.3 Å². The predicted octanol–water partition coefficient (Wildman–Crippen LogP) is 3.08. The second kappa shape index (κ2) is 6.60. The van der Waals surface area contributed by atoms with E-state index in [0.29, 0.717) is 5.88 Å². The Bertz CT molecular complexity index is 369. The van der Waals surface area contributed by atoms with Crippen molar-refractivity contribution in [2.24, 2.45) is 0 Å². The molecule has 0 aliphatic carbocycles. The molecular weight excluding hydrogens is 238 g/mol. The molecule has 3 nitrogen and oxygen atoms in total. The number of aryl methyl sites for hydroxylation is 1. The van der Waals surface area contributed by atoms with E-state index < -0.39 is 0 Å². The number of alkyl halides is 1. The predicted molar refractivity (Wildman–Crippen MR) is 72.9 cm³/mol. The third-order valence-electron chi connectivity index (χ3n) is 2.73. The number of methoxy groups -OCH3 is 2. The Morgan fingerprint density at radius 3 is 2.35 bits per heavy atom. The normalized spacial score (nSPS) is 10.2. The Kier molecular flexibility index (Phi) is 5.42. The number of halogens is 1. The van der Waals surface area contributed by atoms with E-state index in [0.717, 1.165) is 35.7 Å². The molecule has 4 heteroatoms. The van der Waals surface area contributed by atoms with Gasteiger partial charge in [0.05, 0.1) is 19.9 Å².